The average Bonchev–Trinajstić information content (AvgIpc) is 3.20. The number of hydrogen-bond donors (Lipinski definition) is 3. The van der Waals surface area contributed by atoms with Crippen molar-refractivity contribution in [1.82, 2.24) is 19.7 Å². The van der Waals surface area contributed by atoms with E-state index in [-0.39, 0.29) is 29.3 Å². The molecule has 1 aliphatic heterocycles. The van der Waals surface area contributed by atoms with Crippen LogP contribution in [0.1, 0.15) is 11.6 Å². The molecule has 0 spiro atoms. The quantitative estimate of drug-likeness (QED) is 0.338. The molecule has 0 saturated heterocycles. The predicted octanol–water partition coefficient (Wildman–Crippen LogP) is 2.80. The van der Waals surface area contributed by atoms with Gasteiger partial charge in [-0.25, -0.2) is 14.6 Å². The summed E-state index contributed by atoms with van der Waals surface area (Å²) in [4.78, 5) is 22.8. The van der Waals surface area contributed by atoms with Gasteiger partial charge in [0.2, 0.25) is 5.91 Å². The molecular formula is C23H20N6O3. The molecule has 0 aliphatic carbocycles. The molecule has 1 aliphatic rings. The van der Waals surface area contributed by atoms with Crippen molar-refractivity contribution in [3.8, 4) is 22.8 Å². The first-order chi connectivity index (χ1) is 15.5. The summed E-state index contributed by atoms with van der Waals surface area (Å²) < 4.78 is 1.76. The van der Waals surface area contributed by atoms with Gasteiger partial charge < -0.3 is 20.8 Å². The van der Waals surface area contributed by atoms with Crippen molar-refractivity contribution in [3.63, 3.8) is 0 Å². The maximum atomic E-state index is 12.6. The molecule has 0 bridgehead atoms. The predicted molar refractivity (Wildman–Crippen MR) is 120 cm³/mol. The van der Waals surface area contributed by atoms with Crippen LogP contribution in [0, 0.1) is 0 Å². The maximum absolute atomic E-state index is 12.6. The Hall–Kier alpha value is -4.40. The standard InChI is InChI=1S/C23H20N6O3/c1-2-19(32)28-11-15(9-13-5-3-4-6-16(13)28)29-23-20(22(24)25-12-26-23)21(27-29)14-7-8-17(30)18(31)10-14/h2-8,10,12,15,30-31H,1,9,11H2,(H2,24,25,26). The molecule has 0 radical (unpaired) electrons. The van der Waals surface area contributed by atoms with Gasteiger partial charge in [0, 0.05) is 17.8 Å². The number of anilines is 2. The zero-order chi connectivity index (χ0) is 22.4. The Kier molecular flexibility index (Phi) is 4.51. The average molecular weight is 428 g/mol. The highest BCUT2D eigenvalue weighted by Crippen LogP contribution is 2.38. The molecule has 2 aromatic heterocycles. The van der Waals surface area contributed by atoms with Gasteiger partial charge in [-0.3, -0.25) is 4.79 Å². The van der Waals surface area contributed by atoms with E-state index < -0.39 is 0 Å². The van der Waals surface area contributed by atoms with Gasteiger partial charge in [0.1, 0.15) is 17.8 Å². The fraction of sp³-hybridized carbons (Fsp3) is 0.130. The number of aromatic nitrogens is 4. The lowest BCUT2D eigenvalue weighted by Gasteiger charge is -2.34. The number of amides is 1. The summed E-state index contributed by atoms with van der Waals surface area (Å²) in [5, 5.41) is 25.0. The van der Waals surface area contributed by atoms with Crippen molar-refractivity contribution in [1.29, 1.82) is 0 Å². The molecule has 9 nitrogen and oxygen atoms in total. The number of nitrogens with two attached hydrogens (primary N) is 1. The van der Waals surface area contributed by atoms with Crippen LogP contribution >= 0.6 is 0 Å². The van der Waals surface area contributed by atoms with Crippen LogP contribution in [-0.2, 0) is 11.2 Å². The number of hydrogen-bond acceptors (Lipinski definition) is 7. The van der Waals surface area contributed by atoms with E-state index >= 15 is 0 Å². The van der Waals surface area contributed by atoms with Crippen LogP contribution in [0.25, 0.3) is 22.3 Å². The summed E-state index contributed by atoms with van der Waals surface area (Å²) >= 11 is 0. The van der Waals surface area contributed by atoms with Crippen LogP contribution in [0.15, 0.2) is 61.4 Å². The number of phenols is 2. The fourth-order valence-corrected chi connectivity index (χ4v) is 4.18. The molecule has 1 atom stereocenters. The van der Waals surface area contributed by atoms with E-state index in [2.05, 4.69) is 16.5 Å². The first-order valence-corrected chi connectivity index (χ1v) is 10.0. The number of carbonyl (C=O) groups excluding carboxylic acids is 1. The molecule has 2 aromatic carbocycles. The topological polar surface area (TPSA) is 130 Å². The van der Waals surface area contributed by atoms with Crippen LogP contribution in [-0.4, -0.2) is 42.4 Å². The van der Waals surface area contributed by atoms with Crippen molar-refractivity contribution in [2.24, 2.45) is 0 Å². The normalized spacial score (nSPS) is 15.5. The fourth-order valence-electron chi connectivity index (χ4n) is 4.18. The first-order valence-electron chi connectivity index (χ1n) is 10.0. The van der Waals surface area contributed by atoms with Gasteiger partial charge in [-0.2, -0.15) is 5.10 Å². The number of para-hydroxylation sites is 1. The monoisotopic (exact) mass is 428 g/mol. The molecule has 160 valence electrons. The number of nitrogens with zero attached hydrogens (tertiary/aromatic N) is 5. The van der Waals surface area contributed by atoms with Crippen molar-refractivity contribution >= 4 is 28.4 Å². The number of carbonyl (C=O) groups is 1. The maximum Gasteiger partial charge on any atom is 0.250 e. The largest absolute Gasteiger partial charge is 0.504 e. The summed E-state index contributed by atoms with van der Waals surface area (Å²) in [5.41, 5.74) is 9.60. The number of rotatable bonds is 3. The molecular weight excluding hydrogens is 408 g/mol. The highest BCUT2D eigenvalue weighted by atomic mass is 16.3. The zero-order valence-electron chi connectivity index (χ0n) is 17.0. The summed E-state index contributed by atoms with van der Waals surface area (Å²) in [6.45, 7) is 4.01. The molecule has 4 N–H and O–H groups in total. The number of fused-ring (bicyclic) bond motifs is 2. The lowest BCUT2D eigenvalue weighted by Crippen LogP contribution is -2.40. The Labute approximate surface area is 183 Å². The molecule has 1 unspecified atom stereocenters. The number of nitrogen functional groups attached to an aromatic ring is 1. The van der Waals surface area contributed by atoms with Gasteiger partial charge in [0.05, 0.1) is 11.4 Å². The van der Waals surface area contributed by atoms with Crippen molar-refractivity contribution in [3.05, 3.63) is 67.0 Å². The third-order valence-corrected chi connectivity index (χ3v) is 5.68. The number of benzene rings is 2. The first kappa shape index (κ1) is 19.6. The molecule has 9 heteroatoms. The molecule has 32 heavy (non-hydrogen) atoms. The smallest absolute Gasteiger partial charge is 0.250 e. The van der Waals surface area contributed by atoms with E-state index in [4.69, 9.17) is 10.8 Å². The second kappa shape index (κ2) is 7.38. The Bertz CT molecular complexity index is 1380. The van der Waals surface area contributed by atoms with E-state index in [0.29, 0.717) is 35.3 Å². The van der Waals surface area contributed by atoms with Crippen LogP contribution in [0.2, 0.25) is 0 Å². The van der Waals surface area contributed by atoms with Gasteiger partial charge in [0.25, 0.3) is 0 Å². The third-order valence-electron chi connectivity index (χ3n) is 5.68. The molecule has 3 heterocycles. The van der Waals surface area contributed by atoms with Crippen LogP contribution in [0.3, 0.4) is 0 Å². The van der Waals surface area contributed by atoms with E-state index in [0.717, 1.165) is 11.3 Å². The second-order valence-electron chi connectivity index (χ2n) is 7.59. The van der Waals surface area contributed by atoms with Gasteiger partial charge in [-0.15, -0.1) is 0 Å². The summed E-state index contributed by atoms with van der Waals surface area (Å²) in [5.74, 6) is -0.449. The Morgan fingerprint density at radius 2 is 1.97 bits per heavy atom. The molecule has 1 amide bonds. The van der Waals surface area contributed by atoms with Crippen molar-refractivity contribution in [2.45, 2.75) is 12.5 Å². The number of aromatic hydroxyl groups is 2. The van der Waals surface area contributed by atoms with Crippen molar-refractivity contribution < 1.29 is 15.0 Å². The van der Waals surface area contributed by atoms with E-state index in [1.165, 1.54) is 24.5 Å². The van der Waals surface area contributed by atoms with E-state index in [1.807, 2.05) is 24.3 Å². The number of phenolic OH excluding ortho intramolecular Hbond substituents is 2. The van der Waals surface area contributed by atoms with Crippen LogP contribution < -0.4 is 10.6 Å². The Morgan fingerprint density at radius 3 is 2.75 bits per heavy atom. The van der Waals surface area contributed by atoms with Crippen LogP contribution in [0.4, 0.5) is 11.5 Å². The minimum atomic E-state index is -0.269. The minimum absolute atomic E-state index is 0.198. The summed E-state index contributed by atoms with van der Waals surface area (Å²) in [6.07, 6.45) is 3.31. The third kappa shape index (κ3) is 3.02. The van der Waals surface area contributed by atoms with E-state index in [1.54, 1.807) is 15.6 Å². The highest BCUT2D eigenvalue weighted by Gasteiger charge is 2.31. The molecule has 0 saturated carbocycles. The lowest BCUT2D eigenvalue weighted by molar-refractivity contribution is -0.114. The SMILES string of the molecule is C=CC(=O)N1CC(n2nc(-c3ccc(O)c(O)c3)c3c(N)ncnc32)Cc2ccccc21. The van der Waals surface area contributed by atoms with Gasteiger partial charge in [0.15, 0.2) is 17.1 Å². The van der Waals surface area contributed by atoms with Crippen LogP contribution in [0.5, 0.6) is 11.5 Å². The second-order valence-corrected chi connectivity index (χ2v) is 7.59. The highest BCUT2D eigenvalue weighted by molar-refractivity contribution is 6.02. The minimum Gasteiger partial charge on any atom is -0.504 e. The summed E-state index contributed by atoms with van der Waals surface area (Å²) in [7, 11) is 0. The molecule has 4 aromatic rings. The Morgan fingerprint density at radius 1 is 1.16 bits per heavy atom. The molecule has 0 fully saturated rings. The summed E-state index contributed by atoms with van der Waals surface area (Å²) in [6, 6.07) is 12.0. The Balaban J connectivity index is 1.68. The van der Waals surface area contributed by atoms with Gasteiger partial charge >= 0.3 is 0 Å². The van der Waals surface area contributed by atoms with Gasteiger partial charge in [-0.1, -0.05) is 24.8 Å². The van der Waals surface area contributed by atoms with E-state index in [9.17, 15) is 15.0 Å². The lowest BCUT2D eigenvalue weighted by atomic mass is 9.97. The molecule has 5 rings (SSSR count). The zero-order valence-corrected chi connectivity index (χ0v) is 17.0. The van der Waals surface area contributed by atoms with Gasteiger partial charge in [-0.05, 0) is 42.3 Å². The van der Waals surface area contributed by atoms with Crippen molar-refractivity contribution in [2.75, 3.05) is 17.2 Å².